The van der Waals surface area contributed by atoms with Crippen LogP contribution in [0.15, 0.2) is 0 Å². The van der Waals surface area contributed by atoms with E-state index in [-0.39, 0.29) is 0 Å². The third-order valence-electron chi connectivity index (χ3n) is 0.770. The summed E-state index contributed by atoms with van der Waals surface area (Å²) in [6.45, 7) is 0.904. The highest BCUT2D eigenvalue weighted by molar-refractivity contribution is 9.07. The lowest BCUT2D eigenvalue weighted by Gasteiger charge is -2.08. The van der Waals surface area contributed by atoms with E-state index in [1.54, 1.807) is 11.0 Å². The van der Waals surface area contributed by atoms with Gasteiger partial charge in [-0.05, 0) is 7.05 Å². The maximum absolute atomic E-state index is 9.96. The maximum Gasteiger partial charge on any atom is 0.171 e. The van der Waals surface area contributed by atoms with Gasteiger partial charge in [0.2, 0.25) is 0 Å². The molecule has 0 fully saturated rings. The van der Waals surface area contributed by atoms with Gasteiger partial charge in [0.1, 0.15) is 22.7 Å². The molecule has 7 heteroatoms. The molecular weight excluding hydrogens is 270 g/mol. The Bertz CT molecular complexity index is 120. The van der Waals surface area contributed by atoms with E-state index in [4.69, 9.17) is 0 Å². The van der Waals surface area contributed by atoms with Gasteiger partial charge in [0.25, 0.3) is 0 Å². The SMILES string of the molecule is CN(Br)CCN(Br)[N+](=O)[O-]. The lowest BCUT2D eigenvalue weighted by molar-refractivity contribution is -0.612. The van der Waals surface area contributed by atoms with E-state index in [1.165, 1.54) is 0 Å². The number of likely N-dealkylation sites (N-methyl/N-ethyl adjacent to an activating group) is 1. The molecule has 0 aliphatic rings. The van der Waals surface area contributed by atoms with Crippen LogP contribution in [0.1, 0.15) is 0 Å². The van der Waals surface area contributed by atoms with E-state index in [0.717, 1.165) is 4.03 Å². The number of hydrogen-bond donors (Lipinski definition) is 0. The van der Waals surface area contributed by atoms with Crippen LogP contribution in [0.4, 0.5) is 0 Å². The van der Waals surface area contributed by atoms with Gasteiger partial charge in [0.05, 0.1) is 0 Å². The predicted octanol–water partition coefficient (Wildman–Crippen LogP) is 1.03. The van der Waals surface area contributed by atoms with E-state index < -0.39 is 5.03 Å². The molecule has 10 heavy (non-hydrogen) atoms. The van der Waals surface area contributed by atoms with E-state index in [0.29, 0.717) is 13.1 Å². The summed E-state index contributed by atoms with van der Waals surface area (Å²) in [6.07, 6.45) is 0. The predicted molar refractivity (Wildman–Crippen MR) is 44.2 cm³/mol. The van der Waals surface area contributed by atoms with Gasteiger partial charge >= 0.3 is 0 Å². The molecule has 0 spiro atoms. The fourth-order valence-corrected chi connectivity index (χ4v) is 0.619. The van der Waals surface area contributed by atoms with Crippen molar-refractivity contribution in [2.24, 2.45) is 0 Å². The molecule has 0 atom stereocenters. The summed E-state index contributed by atoms with van der Waals surface area (Å²) in [5, 5.41) is 9.45. The summed E-state index contributed by atoms with van der Waals surface area (Å²) in [5.74, 6) is 0. The van der Waals surface area contributed by atoms with Gasteiger partial charge in [-0.2, -0.15) is 0 Å². The minimum atomic E-state index is -0.517. The van der Waals surface area contributed by atoms with E-state index in [2.05, 4.69) is 32.3 Å². The molecule has 5 nitrogen and oxygen atoms in total. The molecule has 0 rings (SSSR count). The van der Waals surface area contributed by atoms with Crippen LogP contribution >= 0.6 is 32.3 Å². The fraction of sp³-hybridized carbons (Fsp3) is 1.00. The molecule has 0 bridgehead atoms. The van der Waals surface area contributed by atoms with Crippen LogP contribution in [0, 0.1) is 10.1 Å². The van der Waals surface area contributed by atoms with Crippen LogP contribution in [0.25, 0.3) is 0 Å². The first-order chi connectivity index (χ1) is 4.54. The summed E-state index contributed by atoms with van der Waals surface area (Å²) in [7, 11) is 1.78. The Morgan fingerprint density at radius 2 is 2.00 bits per heavy atom. The standard InChI is InChI=1S/C3H7Br2N3O2/c1-6(4)2-3-7(5)8(9)10/h2-3H2,1H3. The first kappa shape index (κ1) is 10.1. The van der Waals surface area contributed by atoms with E-state index in [1.807, 2.05) is 0 Å². The van der Waals surface area contributed by atoms with Gasteiger partial charge in [-0.3, -0.25) is 0 Å². The number of rotatable bonds is 4. The molecule has 0 N–H and O–H groups in total. The molecule has 0 aliphatic heterocycles. The molecule has 0 radical (unpaired) electrons. The minimum absolute atomic E-state index is 0.328. The second-order valence-electron chi connectivity index (χ2n) is 1.63. The molecule has 60 valence electrons. The highest BCUT2D eigenvalue weighted by atomic mass is 79.9. The zero-order chi connectivity index (χ0) is 8.15. The van der Waals surface area contributed by atoms with Crippen molar-refractivity contribution in [1.29, 1.82) is 0 Å². The second-order valence-corrected chi connectivity index (χ2v) is 3.66. The molecular formula is C3H7Br2N3O2. The molecule has 0 saturated carbocycles. The van der Waals surface area contributed by atoms with Crippen molar-refractivity contribution < 1.29 is 5.03 Å². The smallest absolute Gasteiger partial charge is 0.171 e. The van der Waals surface area contributed by atoms with Crippen LogP contribution in [0.5, 0.6) is 0 Å². The van der Waals surface area contributed by atoms with Crippen molar-refractivity contribution in [3.8, 4) is 0 Å². The molecule has 0 saturated heterocycles. The quantitative estimate of drug-likeness (QED) is 0.437. The van der Waals surface area contributed by atoms with Crippen molar-refractivity contribution in [2.45, 2.75) is 0 Å². The van der Waals surface area contributed by atoms with Crippen molar-refractivity contribution in [3.63, 3.8) is 0 Å². The van der Waals surface area contributed by atoms with Gasteiger partial charge in [-0.1, -0.05) is 4.03 Å². The van der Waals surface area contributed by atoms with Crippen molar-refractivity contribution in [1.82, 2.24) is 7.96 Å². The van der Waals surface area contributed by atoms with Crippen molar-refractivity contribution in [2.75, 3.05) is 20.1 Å². The monoisotopic (exact) mass is 275 g/mol. The zero-order valence-electron chi connectivity index (χ0n) is 5.33. The van der Waals surface area contributed by atoms with Gasteiger partial charge in [0.15, 0.2) is 5.03 Å². The van der Waals surface area contributed by atoms with Crippen LogP contribution in [-0.4, -0.2) is 33.1 Å². The van der Waals surface area contributed by atoms with Gasteiger partial charge in [-0.15, -0.1) is 0 Å². The number of nitro groups is 1. The Labute approximate surface area is 75.8 Å². The fourth-order valence-electron chi connectivity index (χ4n) is 0.302. The van der Waals surface area contributed by atoms with Crippen LogP contribution in [-0.2, 0) is 0 Å². The second kappa shape index (κ2) is 4.86. The highest BCUT2D eigenvalue weighted by Crippen LogP contribution is 1.98. The minimum Gasteiger partial charge on any atom is -0.243 e. The average molecular weight is 277 g/mol. The zero-order valence-corrected chi connectivity index (χ0v) is 8.50. The molecule has 0 aliphatic carbocycles. The largest absolute Gasteiger partial charge is 0.243 e. The lowest BCUT2D eigenvalue weighted by atomic mass is 10.7. The summed E-state index contributed by atoms with van der Waals surface area (Å²) in [5.41, 5.74) is 0. The third kappa shape index (κ3) is 4.95. The summed E-state index contributed by atoms with van der Waals surface area (Å²) < 4.78 is 2.54. The average Bonchev–Trinajstić information content (AvgIpc) is 1.82. The van der Waals surface area contributed by atoms with Crippen LogP contribution in [0.3, 0.4) is 0 Å². The van der Waals surface area contributed by atoms with Gasteiger partial charge in [-0.25, -0.2) is 14.0 Å². The van der Waals surface area contributed by atoms with Crippen LogP contribution < -0.4 is 0 Å². The molecule has 0 amide bonds. The maximum atomic E-state index is 9.96. The first-order valence-corrected chi connectivity index (χ1v) is 3.90. The molecule has 0 heterocycles. The Morgan fingerprint density at radius 3 is 2.30 bits per heavy atom. The molecule has 0 unspecified atom stereocenters. The Kier molecular flexibility index (Phi) is 4.92. The summed E-state index contributed by atoms with van der Waals surface area (Å²) in [6, 6.07) is 0. The van der Waals surface area contributed by atoms with Gasteiger partial charge < -0.3 is 0 Å². The number of halogens is 2. The molecule has 0 aromatic heterocycles. The Balaban J connectivity index is 3.40. The van der Waals surface area contributed by atoms with Crippen LogP contribution in [0.2, 0.25) is 0 Å². The Morgan fingerprint density at radius 1 is 1.50 bits per heavy atom. The third-order valence-corrected chi connectivity index (χ3v) is 1.74. The lowest BCUT2D eigenvalue weighted by Crippen LogP contribution is -2.26. The Hall–Kier alpha value is 0.120. The number of hydrazine groups is 1. The first-order valence-electron chi connectivity index (χ1n) is 2.48. The topological polar surface area (TPSA) is 49.6 Å². The normalized spacial score (nSPS) is 10.0. The van der Waals surface area contributed by atoms with Gasteiger partial charge in [0, 0.05) is 22.7 Å². The van der Waals surface area contributed by atoms with Crippen molar-refractivity contribution in [3.05, 3.63) is 10.1 Å². The summed E-state index contributed by atoms with van der Waals surface area (Å²) >= 11 is 5.87. The van der Waals surface area contributed by atoms with E-state index >= 15 is 0 Å². The molecule has 0 aromatic carbocycles. The van der Waals surface area contributed by atoms with Crippen molar-refractivity contribution >= 4 is 32.3 Å². The number of hydrogen-bond acceptors (Lipinski definition) is 3. The van der Waals surface area contributed by atoms with E-state index in [9.17, 15) is 10.1 Å². The molecule has 0 aromatic rings. The highest BCUT2D eigenvalue weighted by Gasteiger charge is 2.08. The summed E-state index contributed by atoms with van der Waals surface area (Å²) in [4.78, 5) is 9.96. The number of nitrogens with zero attached hydrogens (tertiary/aromatic N) is 3.